The van der Waals surface area contributed by atoms with Gasteiger partial charge in [-0.25, -0.2) is 0 Å². The van der Waals surface area contributed by atoms with E-state index in [0.717, 1.165) is 30.9 Å². The Bertz CT molecular complexity index is 1070. The van der Waals surface area contributed by atoms with Crippen molar-refractivity contribution in [3.63, 3.8) is 0 Å². The van der Waals surface area contributed by atoms with Gasteiger partial charge in [-0.2, -0.15) is 0 Å². The van der Waals surface area contributed by atoms with Gasteiger partial charge in [0.2, 0.25) is 0 Å². The van der Waals surface area contributed by atoms with E-state index in [9.17, 15) is 0 Å². The number of likely N-dealkylation sites (tertiary alicyclic amines) is 1. The summed E-state index contributed by atoms with van der Waals surface area (Å²) in [7, 11) is 3.42. The summed E-state index contributed by atoms with van der Waals surface area (Å²) in [5.74, 6) is 2.05. The van der Waals surface area contributed by atoms with Crippen molar-refractivity contribution in [1.29, 1.82) is 0 Å². The average molecular weight is 440 g/mol. The summed E-state index contributed by atoms with van der Waals surface area (Å²) in [6.45, 7) is 3.45. The second kappa shape index (κ2) is 9.07. The number of benzene rings is 3. The third kappa shape index (κ3) is 3.65. The predicted molar refractivity (Wildman–Crippen MR) is 134 cm³/mol. The molecule has 1 aliphatic carbocycles. The molecule has 1 heterocycles. The van der Waals surface area contributed by atoms with Crippen LogP contribution in [0.2, 0.25) is 0 Å². The molecule has 33 heavy (non-hydrogen) atoms. The van der Waals surface area contributed by atoms with E-state index in [2.05, 4.69) is 103 Å². The van der Waals surface area contributed by atoms with E-state index in [0.29, 0.717) is 12.0 Å². The van der Waals surface area contributed by atoms with Gasteiger partial charge in [0.05, 0.1) is 20.3 Å². The van der Waals surface area contributed by atoms with Crippen LogP contribution in [0.25, 0.3) is 0 Å². The number of hydrogen-bond donors (Lipinski definition) is 0. The highest BCUT2D eigenvalue weighted by molar-refractivity contribution is 5.49. The molecule has 2 aliphatic rings. The first-order valence-electron chi connectivity index (χ1n) is 11.9. The molecule has 1 saturated heterocycles. The van der Waals surface area contributed by atoms with Crippen LogP contribution in [0.5, 0.6) is 11.5 Å². The van der Waals surface area contributed by atoms with Crippen LogP contribution in [0.15, 0.2) is 91.0 Å². The minimum absolute atomic E-state index is 0.0559. The first-order chi connectivity index (χ1) is 16.2. The van der Waals surface area contributed by atoms with E-state index in [1.807, 2.05) is 0 Å². The molecule has 1 aliphatic heterocycles. The van der Waals surface area contributed by atoms with Crippen molar-refractivity contribution in [2.45, 2.75) is 37.3 Å². The van der Waals surface area contributed by atoms with Gasteiger partial charge < -0.3 is 9.47 Å². The molecule has 3 nitrogen and oxygen atoms in total. The minimum atomic E-state index is -0.0559. The van der Waals surface area contributed by atoms with Crippen molar-refractivity contribution >= 4 is 0 Å². The molecule has 0 aromatic heterocycles. The number of ether oxygens (including phenoxy) is 2. The molecule has 3 heteroatoms. The van der Waals surface area contributed by atoms with E-state index >= 15 is 0 Å². The third-order valence-electron chi connectivity index (χ3n) is 7.70. The Morgan fingerprint density at radius 2 is 1.48 bits per heavy atom. The zero-order valence-electron chi connectivity index (χ0n) is 19.8. The molecule has 0 unspecified atom stereocenters. The Kier molecular flexibility index (Phi) is 5.99. The maximum Gasteiger partial charge on any atom is 0.161 e. The van der Waals surface area contributed by atoms with Gasteiger partial charge in [0.15, 0.2) is 11.5 Å². The van der Waals surface area contributed by atoms with Gasteiger partial charge in [0.1, 0.15) is 0 Å². The van der Waals surface area contributed by atoms with Crippen molar-refractivity contribution in [1.82, 2.24) is 4.90 Å². The molecule has 1 fully saturated rings. The van der Waals surface area contributed by atoms with Crippen LogP contribution in [-0.2, 0) is 5.41 Å². The molecular weight excluding hydrogens is 406 g/mol. The van der Waals surface area contributed by atoms with Crippen LogP contribution in [0.4, 0.5) is 0 Å². The highest BCUT2D eigenvalue weighted by atomic mass is 16.5. The Morgan fingerprint density at radius 3 is 2.09 bits per heavy atom. The van der Waals surface area contributed by atoms with Crippen LogP contribution in [0, 0.1) is 5.92 Å². The highest BCUT2D eigenvalue weighted by Crippen LogP contribution is 2.53. The molecule has 0 N–H and O–H groups in total. The van der Waals surface area contributed by atoms with Crippen molar-refractivity contribution in [3.8, 4) is 11.5 Å². The van der Waals surface area contributed by atoms with Gasteiger partial charge in [-0.15, -0.1) is 0 Å². The monoisotopic (exact) mass is 439 g/mol. The molecule has 5 rings (SSSR count). The zero-order valence-corrected chi connectivity index (χ0v) is 19.8. The smallest absolute Gasteiger partial charge is 0.161 e. The molecule has 0 radical (unpaired) electrons. The average Bonchev–Trinajstić information content (AvgIpc) is 3.18. The summed E-state index contributed by atoms with van der Waals surface area (Å²) in [6.07, 6.45) is 7.12. The third-order valence-corrected chi connectivity index (χ3v) is 7.70. The molecule has 0 amide bonds. The Morgan fingerprint density at radius 1 is 0.848 bits per heavy atom. The van der Waals surface area contributed by atoms with Crippen LogP contribution in [0.1, 0.15) is 42.5 Å². The lowest BCUT2D eigenvalue weighted by Crippen LogP contribution is -2.45. The summed E-state index contributed by atoms with van der Waals surface area (Å²) in [5.41, 5.74) is 3.97. The van der Waals surface area contributed by atoms with Gasteiger partial charge in [-0.05, 0) is 47.6 Å². The molecule has 3 aromatic carbocycles. The summed E-state index contributed by atoms with van der Waals surface area (Å²) < 4.78 is 11.2. The number of allylic oxidation sites excluding steroid dienone is 1. The van der Waals surface area contributed by atoms with E-state index in [1.54, 1.807) is 14.2 Å². The number of hydrogen-bond acceptors (Lipinski definition) is 3. The van der Waals surface area contributed by atoms with Gasteiger partial charge in [0, 0.05) is 18.0 Å². The number of rotatable bonds is 6. The van der Waals surface area contributed by atoms with Crippen molar-refractivity contribution in [2.24, 2.45) is 5.92 Å². The molecule has 170 valence electrons. The largest absolute Gasteiger partial charge is 0.493 e. The van der Waals surface area contributed by atoms with Crippen LogP contribution >= 0.6 is 0 Å². The van der Waals surface area contributed by atoms with Gasteiger partial charge in [-0.3, -0.25) is 4.90 Å². The molecule has 0 bridgehead atoms. The molecule has 0 saturated carbocycles. The Balaban J connectivity index is 1.63. The number of methoxy groups -OCH3 is 2. The fraction of sp³-hybridized carbons (Fsp3) is 0.333. The minimum Gasteiger partial charge on any atom is -0.493 e. The maximum absolute atomic E-state index is 5.70. The quantitative estimate of drug-likeness (QED) is 0.415. The lowest BCUT2D eigenvalue weighted by atomic mass is 9.65. The standard InChI is InChI=1S/C30H33NO2/c1-22-21-31(29(23-12-6-4-7-13-23)24-14-8-5-9-15-24)28-16-10-11-19-30(22,28)25-17-18-26(32-2)27(20-25)33-3/h4-9,11-15,17-20,22,28-29H,10,16,21H2,1-3H3/t22-,28-,30-/m0/s1. The lowest BCUT2D eigenvalue weighted by Gasteiger charge is -2.43. The van der Waals surface area contributed by atoms with E-state index in [1.165, 1.54) is 16.7 Å². The fourth-order valence-electron chi connectivity index (χ4n) is 6.22. The van der Waals surface area contributed by atoms with E-state index in [-0.39, 0.29) is 11.5 Å². The predicted octanol–water partition coefficient (Wildman–Crippen LogP) is 6.40. The molecule has 3 aromatic rings. The molecule has 0 spiro atoms. The highest BCUT2D eigenvalue weighted by Gasteiger charge is 2.54. The van der Waals surface area contributed by atoms with E-state index in [4.69, 9.17) is 9.47 Å². The number of nitrogens with zero attached hydrogens (tertiary/aromatic N) is 1. The summed E-state index contributed by atoms with van der Waals surface area (Å²) in [6, 6.07) is 29.1. The maximum atomic E-state index is 5.70. The Labute approximate surface area is 197 Å². The Hall–Kier alpha value is -3.04. The van der Waals surface area contributed by atoms with Gasteiger partial charge in [-0.1, -0.05) is 85.8 Å². The van der Waals surface area contributed by atoms with Crippen molar-refractivity contribution in [3.05, 3.63) is 108 Å². The topological polar surface area (TPSA) is 21.7 Å². The SMILES string of the molecule is COc1ccc([C@@]23C=CCC[C@@H]2N(C(c2ccccc2)c2ccccc2)C[C@@H]3C)cc1OC. The first-order valence-corrected chi connectivity index (χ1v) is 11.9. The van der Waals surface area contributed by atoms with Crippen molar-refractivity contribution < 1.29 is 9.47 Å². The number of fused-ring (bicyclic) bond motifs is 1. The van der Waals surface area contributed by atoms with E-state index < -0.39 is 0 Å². The van der Waals surface area contributed by atoms with Crippen LogP contribution in [-0.4, -0.2) is 31.7 Å². The molecular formula is C30H33NO2. The van der Waals surface area contributed by atoms with Gasteiger partial charge >= 0.3 is 0 Å². The zero-order chi connectivity index (χ0) is 22.8. The summed E-state index contributed by atoms with van der Waals surface area (Å²) >= 11 is 0. The van der Waals surface area contributed by atoms with Crippen LogP contribution in [0.3, 0.4) is 0 Å². The summed E-state index contributed by atoms with van der Waals surface area (Å²) in [5, 5.41) is 0. The second-order valence-electron chi connectivity index (χ2n) is 9.32. The van der Waals surface area contributed by atoms with Gasteiger partial charge in [0.25, 0.3) is 0 Å². The fourth-order valence-corrected chi connectivity index (χ4v) is 6.22. The lowest BCUT2D eigenvalue weighted by molar-refractivity contribution is 0.170. The normalized spacial score (nSPS) is 24.6. The second-order valence-corrected chi connectivity index (χ2v) is 9.32. The molecule has 3 atom stereocenters. The summed E-state index contributed by atoms with van der Waals surface area (Å²) in [4.78, 5) is 2.76. The van der Waals surface area contributed by atoms with Crippen molar-refractivity contribution in [2.75, 3.05) is 20.8 Å². The first kappa shape index (κ1) is 21.8. The van der Waals surface area contributed by atoms with Crippen LogP contribution < -0.4 is 9.47 Å².